The second-order valence-corrected chi connectivity index (χ2v) is 5.77. The van der Waals surface area contributed by atoms with Crippen LogP contribution in [0.3, 0.4) is 0 Å². The van der Waals surface area contributed by atoms with Crippen molar-refractivity contribution in [1.82, 2.24) is 4.90 Å². The number of rotatable bonds is 3. The number of Topliss-reactive ketones (excluding diaryl/α,β-unsaturated/α-hetero) is 1. The van der Waals surface area contributed by atoms with Crippen LogP contribution in [0, 0.1) is 11.8 Å². The van der Waals surface area contributed by atoms with Gasteiger partial charge in [-0.05, 0) is 37.1 Å². The minimum absolute atomic E-state index is 0.160. The highest BCUT2D eigenvalue weighted by Gasteiger charge is 2.49. The monoisotopic (exact) mass is 291 g/mol. The van der Waals surface area contributed by atoms with Crippen LogP contribution < -0.4 is 0 Å². The zero-order chi connectivity index (χ0) is 14.3. The molecule has 1 aromatic carbocycles. The van der Waals surface area contributed by atoms with Crippen LogP contribution in [0.5, 0.6) is 0 Å². The van der Waals surface area contributed by atoms with Crippen molar-refractivity contribution >= 4 is 29.2 Å². The highest BCUT2D eigenvalue weighted by atomic mass is 35.5. The van der Waals surface area contributed by atoms with Gasteiger partial charge in [0.05, 0.1) is 18.4 Å². The Hall–Kier alpha value is -1.68. The molecule has 2 unspecified atom stereocenters. The molecule has 0 radical (unpaired) electrons. The van der Waals surface area contributed by atoms with Gasteiger partial charge in [-0.2, -0.15) is 0 Å². The van der Waals surface area contributed by atoms with Crippen molar-refractivity contribution < 1.29 is 14.4 Å². The zero-order valence-corrected chi connectivity index (χ0v) is 11.6. The molecule has 2 amide bonds. The predicted octanol–water partition coefficient (Wildman–Crippen LogP) is 2.31. The van der Waals surface area contributed by atoms with Gasteiger partial charge in [0.15, 0.2) is 5.78 Å². The summed E-state index contributed by atoms with van der Waals surface area (Å²) in [5.41, 5.74) is 0.465. The molecule has 1 heterocycles. The molecule has 3 rings (SSSR count). The van der Waals surface area contributed by atoms with E-state index in [1.54, 1.807) is 24.3 Å². The normalized spacial score (nSPS) is 25.1. The van der Waals surface area contributed by atoms with Crippen molar-refractivity contribution in [1.29, 1.82) is 0 Å². The first-order valence-electron chi connectivity index (χ1n) is 6.72. The number of carbonyl (C=O) groups is 3. The zero-order valence-electron chi connectivity index (χ0n) is 10.8. The Balaban J connectivity index is 1.75. The quantitative estimate of drug-likeness (QED) is 0.634. The summed E-state index contributed by atoms with van der Waals surface area (Å²) in [5, 5.41) is 0.546. The van der Waals surface area contributed by atoms with Gasteiger partial charge in [0.25, 0.3) is 0 Å². The number of imide groups is 1. The summed E-state index contributed by atoms with van der Waals surface area (Å²) in [4.78, 5) is 37.6. The van der Waals surface area contributed by atoms with Crippen molar-refractivity contribution in [2.24, 2.45) is 11.8 Å². The van der Waals surface area contributed by atoms with Crippen LogP contribution >= 0.6 is 11.6 Å². The van der Waals surface area contributed by atoms with E-state index in [2.05, 4.69) is 0 Å². The fraction of sp³-hybridized carbons (Fsp3) is 0.400. The third-order valence-electron chi connectivity index (χ3n) is 4.15. The van der Waals surface area contributed by atoms with E-state index in [1.807, 2.05) is 0 Å². The average Bonchev–Trinajstić information content (AvgIpc) is 2.99. The lowest BCUT2D eigenvalue weighted by molar-refractivity contribution is -0.139. The first-order valence-corrected chi connectivity index (χ1v) is 7.09. The van der Waals surface area contributed by atoms with Gasteiger partial charge in [-0.3, -0.25) is 19.3 Å². The molecule has 1 saturated heterocycles. The van der Waals surface area contributed by atoms with Crippen LogP contribution in [0.25, 0.3) is 0 Å². The van der Waals surface area contributed by atoms with E-state index in [-0.39, 0.29) is 36.0 Å². The SMILES string of the molecule is O=C(CN1C(=O)C2CCCC2C1=O)c1ccc(Cl)cc1. The van der Waals surface area contributed by atoms with Gasteiger partial charge in [-0.15, -0.1) is 0 Å². The Kier molecular flexibility index (Phi) is 3.34. The molecule has 1 saturated carbocycles. The Bertz CT molecular complexity index is 559. The van der Waals surface area contributed by atoms with Crippen LogP contribution in [-0.2, 0) is 9.59 Å². The molecule has 104 valence electrons. The predicted molar refractivity (Wildman–Crippen MR) is 73.3 cm³/mol. The third kappa shape index (κ3) is 2.14. The molecule has 0 aromatic heterocycles. The molecule has 0 N–H and O–H groups in total. The molecule has 5 heteroatoms. The smallest absolute Gasteiger partial charge is 0.233 e. The third-order valence-corrected chi connectivity index (χ3v) is 4.40. The lowest BCUT2D eigenvalue weighted by atomic mass is 10.00. The Morgan fingerprint density at radius 3 is 2.20 bits per heavy atom. The van der Waals surface area contributed by atoms with Gasteiger partial charge in [0, 0.05) is 10.6 Å². The van der Waals surface area contributed by atoms with Crippen LogP contribution in [-0.4, -0.2) is 29.0 Å². The van der Waals surface area contributed by atoms with E-state index in [0.29, 0.717) is 10.6 Å². The van der Waals surface area contributed by atoms with E-state index >= 15 is 0 Å². The van der Waals surface area contributed by atoms with E-state index in [4.69, 9.17) is 11.6 Å². The van der Waals surface area contributed by atoms with Crippen LogP contribution in [0.4, 0.5) is 0 Å². The summed E-state index contributed by atoms with van der Waals surface area (Å²) in [6, 6.07) is 6.46. The standard InChI is InChI=1S/C15H14ClNO3/c16-10-6-4-9(5-7-10)13(18)8-17-14(19)11-2-1-3-12(11)15(17)20/h4-7,11-12H,1-3,8H2. The summed E-state index contributed by atoms with van der Waals surface area (Å²) in [5.74, 6) is -0.982. The maximum absolute atomic E-state index is 12.2. The Morgan fingerprint density at radius 1 is 1.10 bits per heavy atom. The number of ketones is 1. The van der Waals surface area contributed by atoms with Gasteiger partial charge >= 0.3 is 0 Å². The topological polar surface area (TPSA) is 54.5 Å². The van der Waals surface area contributed by atoms with E-state index in [0.717, 1.165) is 24.2 Å². The number of nitrogens with zero attached hydrogens (tertiary/aromatic N) is 1. The highest BCUT2D eigenvalue weighted by Crippen LogP contribution is 2.39. The first kappa shape index (κ1) is 13.3. The molecule has 2 fully saturated rings. The van der Waals surface area contributed by atoms with E-state index in [1.165, 1.54) is 0 Å². The minimum atomic E-state index is -0.233. The van der Waals surface area contributed by atoms with E-state index in [9.17, 15) is 14.4 Å². The number of amides is 2. The molecule has 0 spiro atoms. The molecular formula is C15H14ClNO3. The molecule has 1 aliphatic carbocycles. The second kappa shape index (κ2) is 5.02. The maximum Gasteiger partial charge on any atom is 0.233 e. The van der Waals surface area contributed by atoms with Crippen molar-refractivity contribution in [2.45, 2.75) is 19.3 Å². The van der Waals surface area contributed by atoms with Crippen LogP contribution in [0.2, 0.25) is 5.02 Å². The molecule has 1 aromatic rings. The molecule has 4 nitrogen and oxygen atoms in total. The molecule has 2 atom stereocenters. The number of halogens is 1. The van der Waals surface area contributed by atoms with E-state index < -0.39 is 0 Å². The van der Waals surface area contributed by atoms with Crippen LogP contribution in [0.1, 0.15) is 29.6 Å². The fourth-order valence-electron chi connectivity index (χ4n) is 3.09. The Morgan fingerprint density at radius 2 is 1.65 bits per heavy atom. The average molecular weight is 292 g/mol. The highest BCUT2D eigenvalue weighted by molar-refractivity contribution is 6.30. The molecule has 1 aliphatic heterocycles. The summed E-state index contributed by atoms with van der Waals surface area (Å²) in [6.07, 6.45) is 2.45. The maximum atomic E-state index is 12.2. The summed E-state index contributed by atoms with van der Waals surface area (Å²) in [7, 11) is 0. The summed E-state index contributed by atoms with van der Waals surface area (Å²) < 4.78 is 0. The van der Waals surface area contributed by atoms with Gasteiger partial charge < -0.3 is 0 Å². The first-order chi connectivity index (χ1) is 9.58. The van der Waals surface area contributed by atoms with Gasteiger partial charge in [-0.25, -0.2) is 0 Å². The minimum Gasteiger partial charge on any atom is -0.292 e. The van der Waals surface area contributed by atoms with Gasteiger partial charge in [-0.1, -0.05) is 18.0 Å². The van der Waals surface area contributed by atoms with Crippen molar-refractivity contribution in [3.05, 3.63) is 34.9 Å². The number of carbonyl (C=O) groups excluding carboxylic acids is 3. The molecule has 20 heavy (non-hydrogen) atoms. The van der Waals surface area contributed by atoms with Gasteiger partial charge in [0.1, 0.15) is 0 Å². The summed E-state index contributed by atoms with van der Waals surface area (Å²) >= 11 is 5.77. The number of likely N-dealkylation sites (tertiary alicyclic amines) is 1. The number of benzene rings is 1. The molecule has 0 bridgehead atoms. The van der Waals surface area contributed by atoms with Crippen molar-refractivity contribution in [3.63, 3.8) is 0 Å². The second-order valence-electron chi connectivity index (χ2n) is 5.34. The summed E-state index contributed by atoms with van der Waals surface area (Å²) in [6.45, 7) is -0.160. The number of fused-ring (bicyclic) bond motifs is 1. The Labute approximate surface area is 121 Å². The number of hydrogen-bond acceptors (Lipinski definition) is 3. The van der Waals surface area contributed by atoms with Gasteiger partial charge in [0.2, 0.25) is 11.8 Å². The van der Waals surface area contributed by atoms with Crippen molar-refractivity contribution in [3.8, 4) is 0 Å². The lowest BCUT2D eigenvalue weighted by Crippen LogP contribution is -2.36. The van der Waals surface area contributed by atoms with Crippen molar-refractivity contribution in [2.75, 3.05) is 6.54 Å². The molecular weight excluding hydrogens is 278 g/mol. The van der Waals surface area contributed by atoms with Crippen LogP contribution in [0.15, 0.2) is 24.3 Å². The number of hydrogen-bond donors (Lipinski definition) is 0. The lowest BCUT2D eigenvalue weighted by Gasteiger charge is -2.14. The largest absolute Gasteiger partial charge is 0.292 e. The fourth-order valence-corrected chi connectivity index (χ4v) is 3.21. The molecule has 2 aliphatic rings.